The number of hydrogen-bond acceptors (Lipinski definition) is 8. The molecule has 0 aliphatic carbocycles. The minimum atomic E-state index is -0.464. The minimum absolute atomic E-state index is 0.293. The zero-order valence-corrected chi connectivity index (χ0v) is 16.7. The first-order chi connectivity index (χ1) is 14.7. The van der Waals surface area contributed by atoms with E-state index >= 15 is 0 Å². The van der Waals surface area contributed by atoms with E-state index in [1.165, 1.54) is 17.8 Å². The monoisotopic (exact) mass is 425 g/mol. The van der Waals surface area contributed by atoms with E-state index in [1.807, 2.05) is 24.3 Å². The Hall–Kier alpha value is -3.40. The van der Waals surface area contributed by atoms with Crippen LogP contribution in [0.4, 0.5) is 4.39 Å². The van der Waals surface area contributed by atoms with Crippen molar-refractivity contribution >= 4 is 11.8 Å². The van der Waals surface area contributed by atoms with Crippen molar-refractivity contribution in [3.05, 3.63) is 66.1 Å². The zero-order chi connectivity index (χ0) is 20.5. The average molecular weight is 425 g/mol. The van der Waals surface area contributed by atoms with E-state index in [9.17, 15) is 4.39 Å². The molecule has 4 aromatic rings. The average Bonchev–Trinajstić information content (AvgIpc) is 3.39. The Kier molecular flexibility index (Phi) is 4.83. The molecule has 0 radical (unpaired) electrons. The number of nitrogens with zero attached hydrogens (tertiary/aromatic N) is 5. The van der Waals surface area contributed by atoms with Gasteiger partial charge in [0, 0.05) is 7.05 Å². The quantitative estimate of drug-likeness (QED) is 0.446. The van der Waals surface area contributed by atoms with Gasteiger partial charge in [-0.2, -0.15) is 4.98 Å². The van der Waals surface area contributed by atoms with Crippen LogP contribution in [0.5, 0.6) is 11.5 Å². The van der Waals surface area contributed by atoms with Gasteiger partial charge in [-0.1, -0.05) is 41.2 Å². The highest BCUT2D eigenvalue weighted by Gasteiger charge is 2.27. The summed E-state index contributed by atoms with van der Waals surface area (Å²) in [6.07, 6.45) is -0.464. The first-order valence-corrected chi connectivity index (χ1v) is 10.2. The van der Waals surface area contributed by atoms with Crippen molar-refractivity contribution in [3.63, 3.8) is 0 Å². The Morgan fingerprint density at radius 3 is 2.77 bits per heavy atom. The number of rotatable bonds is 5. The maximum atomic E-state index is 14.0. The van der Waals surface area contributed by atoms with Crippen molar-refractivity contribution in [2.75, 3.05) is 6.61 Å². The molecule has 1 atom stereocenters. The second-order valence-corrected chi connectivity index (χ2v) is 7.49. The number of benzene rings is 2. The van der Waals surface area contributed by atoms with Crippen LogP contribution in [0.25, 0.3) is 11.4 Å². The van der Waals surface area contributed by atoms with E-state index in [0.29, 0.717) is 52.1 Å². The molecule has 1 aliphatic heterocycles. The van der Waals surface area contributed by atoms with Gasteiger partial charge >= 0.3 is 0 Å². The van der Waals surface area contributed by atoms with E-state index in [1.54, 1.807) is 29.8 Å². The second kappa shape index (κ2) is 7.79. The summed E-state index contributed by atoms with van der Waals surface area (Å²) in [5.41, 5.74) is 0.399. The summed E-state index contributed by atoms with van der Waals surface area (Å²) in [5, 5.41) is 12.9. The fraction of sp³-hybridized carbons (Fsp3) is 0.200. The van der Waals surface area contributed by atoms with Gasteiger partial charge in [0.25, 0.3) is 5.89 Å². The lowest BCUT2D eigenvalue weighted by atomic mass is 10.2. The summed E-state index contributed by atoms with van der Waals surface area (Å²) in [4.78, 5) is 4.41. The zero-order valence-electron chi connectivity index (χ0n) is 15.9. The van der Waals surface area contributed by atoms with Gasteiger partial charge in [-0.25, -0.2) is 4.39 Å². The lowest BCUT2D eigenvalue weighted by Gasteiger charge is -2.23. The summed E-state index contributed by atoms with van der Waals surface area (Å²) >= 11 is 1.38. The summed E-state index contributed by atoms with van der Waals surface area (Å²) in [6, 6.07) is 13.9. The summed E-state index contributed by atoms with van der Waals surface area (Å²) < 4.78 is 32.7. The van der Waals surface area contributed by atoms with Gasteiger partial charge in [-0.3, -0.25) is 0 Å². The van der Waals surface area contributed by atoms with Crippen LogP contribution in [0.15, 0.2) is 58.2 Å². The fourth-order valence-electron chi connectivity index (χ4n) is 3.04. The smallest absolute Gasteiger partial charge is 0.271 e. The van der Waals surface area contributed by atoms with Crippen molar-refractivity contribution in [2.24, 2.45) is 7.05 Å². The highest BCUT2D eigenvalue weighted by molar-refractivity contribution is 7.98. The van der Waals surface area contributed by atoms with Crippen molar-refractivity contribution in [3.8, 4) is 22.9 Å². The Bertz CT molecular complexity index is 1190. The molecular formula is C20H16FN5O3S. The summed E-state index contributed by atoms with van der Waals surface area (Å²) in [5.74, 6) is 2.70. The number of fused-ring (bicyclic) bond motifs is 1. The molecule has 2 aromatic carbocycles. The first-order valence-electron chi connectivity index (χ1n) is 9.17. The largest absolute Gasteiger partial charge is 0.485 e. The van der Waals surface area contributed by atoms with Crippen LogP contribution in [-0.2, 0) is 12.8 Å². The van der Waals surface area contributed by atoms with Crippen molar-refractivity contribution in [1.29, 1.82) is 0 Å². The van der Waals surface area contributed by atoms with Crippen LogP contribution in [0.3, 0.4) is 0 Å². The molecule has 0 spiro atoms. The molecule has 30 heavy (non-hydrogen) atoms. The molecule has 0 unspecified atom stereocenters. The van der Waals surface area contributed by atoms with Crippen molar-refractivity contribution < 1.29 is 18.4 Å². The van der Waals surface area contributed by atoms with Gasteiger partial charge < -0.3 is 18.6 Å². The molecule has 0 N–H and O–H groups in total. The van der Waals surface area contributed by atoms with Crippen LogP contribution >= 0.6 is 11.8 Å². The SMILES string of the molecule is Cn1c(SCc2noc([C@@H]3COc4ccccc4O3)n2)nnc1-c1ccccc1F. The van der Waals surface area contributed by atoms with E-state index in [0.717, 1.165) is 0 Å². The van der Waals surface area contributed by atoms with Crippen molar-refractivity contribution in [2.45, 2.75) is 17.0 Å². The standard InChI is InChI=1S/C20H16FN5O3S/c1-26-18(12-6-2-3-7-13(12)21)23-24-20(26)30-11-17-22-19(29-25-17)16-10-27-14-8-4-5-9-15(14)28-16/h2-9,16H,10-11H2,1H3/t16-/m0/s1. The van der Waals surface area contributed by atoms with Crippen LogP contribution in [0.1, 0.15) is 17.8 Å². The van der Waals surface area contributed by atoms with Crippen LogP contribution in [-0.4, -0.2) is 31.5 Å². The number of thioether (sulfide) groups is 1. The normalized spacial score (nSPS) is 15.3. The van der Waals surface area contributed by atoms with Crippen LogP contribution in [0.2, 0.25) is 0 Å². The first kappa shape index (κ1) is 18.6. The molecule has 0 bridgehead atoms. The maximum absolute atomic E-state index is 14.0. The Balaban J connectivity index is 1.27. The Morgan fingerprint density at radius 1 is 1.10 bits per heavy atom. The summed E-state index contributed by atoms with van der Waals surface area (Å²) in [6.45, 7) is 0.293. The van der Waals surface area contributed by atoms with Crippen molar-refractivity contribution in [1.82, 2.24) is 24.9 Å². The number of aromatic nitrogens is 5. The van der Waals surface area contributed by atoms with Gasteiger partial charge in [0.05, 0.1) is 11.3 Å². The van der Waals surface area contributed by atoms with E-state index in [2.05, 4.69) is 20.3 Å². The number of halogens is 1. The van der Waals surface area contributed by atoms with Crippen LogP contribution < -0.4 is 9.47 Å². The lowest BCUT2D eigenvalue weighted by Crippen LogP contribution is -2.21. The molecule has 3 heterocycles. The lowest BCUT2D eigenvalue weighted by molar-refractivity contribution is 0.0665. The molecule has 0 saturated carbocycles. The van der Waals surface area contributed by atoms with E-state index < -0.39 is 6.10 Å². The predicted octanol–water partition coefficient (Wildman–Crippen LogP) is 3.81. The van der Waals surface area contributed by atoms with Gasteiger partial charge in [-0.05, 0) is 24.3 Å². The number of ether oxygens (including phenoxy) is 2. The third kappa shape index (κ3) is 3.50. The third-order valence-electron chi connectivity index (χ3n) is 4.55. The fourth-order valence-corrected chi connectivity index (χ4v) is 3.80. The molecule has 0 fully saturated rings. The third-order valence-corrected chi connectivity index (χ3v) is 5.56. The molecule has 10 heteroatoms. The Morgan fingerprint density at radius 2 is 1.90 bits per heavy atom. The molecule has 0 amide bonds. The van der Waals surface area contributed by atoms with Crippen LogP contribution in [0, 0.1) is 5.82 Å². The predicted molar refractivity (Wildman–Crippen MR) is 106 cm³/mol. The summed E-state index contributed by atoms with van der Waals surface area (Å²) in [7, 11) is 1.79. The van der Waals surface area contributed by atoms with E-state index in [4.69, 9.17) is 14.0 Å². The molecular weight excluding hydrogens is 409 g/mol. The highest BCUT2D eigenvalue weighted by Crippen LogP contribution is 2.35. The molecule has 1 aliphatic rings. The topological polar surface area (TPSA) is 88.1 Å². The van der Waals surface area contributed by atoms with Gasteiger partial charge in [0.1, 0.15) is 12.4 Å². The number of para-hydroxylation sites is 2. The van der Waals surface area contributed by atoms with E-state index in [-0.39, 0.29) is 5.82 Å². The van der Waals surface area contributed by atoms with Gasteiger partial charge in [0.2, 0.25) is 6.10 Å². The molecule has 0 saturated heterocycles. The Labute approximate surface area is 175 Å². The maximum Gasteiger partial charge on any atom is 0.271 e. The minimum Gasteiger partial charge on any atom is -0.485 e. The molecule has 8 nitrogen and oxygen atoms in total. The van der Waals surface area contributed by atoms with Gasteiger partial charge in [0.15, 0.2) is 28.3 Å². The molecule has 5 rings (SSSR count). The molecule has 152 valence electrons. The second-order valence-electron chi connectivity index (χ2n) is 6.55. The van der Waals surface area contributed by atoms with Gasteiger partial charge in [-0.15, -0.1) is 10.2 Å². The molecule has 2 aromatic heterocycles. The highest BCUT2D eigenvalue weighted by atomic mass is 32.2. The number of hydrogen-bond donors (Lipinski definition) is 0.